The van der Waals surface area contributed by atoms with Crippen LogP contribution in [0, 0.1) is 0 Å². The SMILES string of the molecule is C=CCc1ccc2c(c1)c1cc(CC(NC(C)=O)OC=O)ccc1n2C. The Morgan fingerprint density at radius 2 is 1.81 bits per heavy atom. The average Bonchev–Trinajstić information content (AvgIpc) is 2.87. The van der Waals surface area contributed by atoms with E-state index in [-0.39, 0.29) is 5.91 Å². The van der Waals surface area contributed by atoms with E-state index in [1.165, 1.54) is 17.9 Å². The third-order valence-electron chi connectivity index (χ3n) is 4.52. The van der Waals surface area contributed by atoms with Crippen molar-refractivity contribution in [2.45, 2.75) is 26.0 Å². The van der Waals surface area contributed by atoms with E-state index in [0.717, 1.165) is 28.4 Å². The molecule has 26 heavy (non-hydrogen) atoms. The highest BCUT2D eigenvalue weighted by Crippen LogP contribution is 2.30. The zero-order valence-electron chi connectivity index (χ0n) is 15.0. The molecule has 2 aromatic carbocycles. The van der Waals surface area contributed by atoms with E-state index < -0.39 is 6.23 Å². The largest absolute Gasteiger partial charge is 0.444 e. The number of hydrogen-bond acceptors (Lipinski definition) is 3. The predicted molar refractivity (Wildman–Crippen MR) is 103 cm³/mol. The zero-order valence-corrected chi connectivity index (χ0v) is 15.0. The molecule has 3 rings (SSSR count). The van der Waals surface area contributed by atoms with Crippen molar-refractivity contribution in [2.75, 3.05) is 0 Å². The van der Waals surface area contributed by atoms with E-state index in [1.54, 1.807) is 0 Å². The second-order valence-corrected chi connectivity index (χ2v) is 6.38. The van der Waals surface area contributed by atoms with Crippen molar-refractivity contribution in [3.8, 4) is 0 Å². The molecule has 0 radical (unpaired) electrons. The molecule has 0 aliphatic carbocycles. The second kappa shape index (κ2) is 7.44. The van der Waals surface area contributed by atoms with Gasteiger partial charge in [0.25, 0.3) is 6.47 Å². The molecule has 0 bridgehead atoms. The third kappa shape index (κ3) is 3.47. The van der Waals surface area contributed by atoms with E-state index in [1.807, 2.05) is 19.2 Å². The summed E-state index contributed by atoms with van der Waals surface area (Å²) in [7, 11) is 2.05. The van der Waals surface area contributed by atoms with Crippen LogP contribution in [-0.2, 0) is 34.2 Å². The molecule has 0 saturated heterocycles. The van der Waals surface area contributed by atoms with Crippen molar-refractivity contribution in [1.82, 2.24) is 9.88 Å². The van der Waals surface area contributed by atoms with Gasteiger partial charge in [-0.1, -0.05) is 18.2 Å². The first-order chi connectivity index (χ1) is 12.5. The van der Waals surface area contributed by atoms with Gasteiger partial charge in [0.1, 0.15) is 0 Å². The van der Waals surface area contributed by atoms with Gasteiger partial charge in [0.2, 0.25) is 5.91 Å². The van der Waals surface area contributed by atoms with Crippen molar-refractivity contribution in [1.29, 1.82) is 0 Å². The van der Waals surface area contributed by atoms with Crippen LogP contribution in [0.2, 0.25) is 0 Å². The molecule has 0 aliphatic rings. The Bertz CT molecular complexity index is 988. The summed E-state index contributed by atoms with van der Waals surface area (Å²) in [5, 5.41) is 4.95. The topological polar surface area (TPSA) is 60.3 Å². The maximum absolute atomic E-state index is 11.3. The maximum Gasteiger partial charge on any atom is 0.295 e. The van der Waals surface area contributed by atoms with Crippen LogP contribution in [0.1, 0.15) is 18.1 Å². The summed E-state index contributed by atoms with van der Waals surface area (Å²) in [5.41, 5.74) is 4.49. The number of benzene rings is 2. The van der Waals surface area contributed by atoms with E-state index in [2.05, 4.69) is 46.8 Å². The van der Waals surface area contributed by atoms with Crippen molar-refractivity contribution in [3.05, 3.63) is 60.2 Å². The van der Waals surface area contributed by atoms with Gasteiger partial charge in [0, 0.05) is 42.2 Å². The Morgan fingerprint density at radius 3 is 2.38 bits per heavy atom. The van der Waals surface area contributed by atoms with Crippen molar-refractivity contribution < 1.29 is 14.3 Å². The Kier molecular flexibility index (Phi) is 5.07. The minimum absolute atomic E-state index is 0.239. The summed E-state index contributed by atoms with van der Waals surface area (Å²) in [6.45, 7) is 5.57. The lowest BCUT2D eigenvalue weighted by atomic mass is 10.0. The van der Waals surface area contributed by atoms with Gasteiger partial charge in [-0.05, 0) is 41.8 Å². The number of fused-ring (bicyclic) bond motifs is 3. The second-order valence-electron chi connectivity index (χ2n) is 6.38. The molecule has 3 aromatic rings. The summed E-state index contributed by atoms with van der Waals surface area (Å²) >= 11 is 0. The Labute approximate surface area is 152 Å². The molecule has 0 aliphatic heterocycles. The van der Waals surface area contributed by atoms with Crippen LogP contribution in [0.3, 0.4) is 0 Å². The van der Waals surface area contributed by atoms with E-state index in [0.29, 0.717) is 12.9 Å². The van der Waals surface area contributed by atoms with E-state index in [9.17, 15) is 9.59 Å². The van der Waals surface area contributed by atoms with Gasteiger partial charge in [0.05, 0.1) is 0 Å². The molecule has 5 heteroatoms. The van der Waals surface area contributed by atoms with Gasteiger partial charge in [-0.2, -0.15) is 0 Å². The summed E-state index contributed by atoms with van der Waals surface area (Å²) < 4.78 is 7.15. The van der Waals surface area contributed by atoms with Crippen LogP contribution in [0.25, 0.3) is 21.8 Å². The third-order valence-corrected chi connectivity index (χ3v) is 4.52. The Balaban J connectivity index is 2.04. The summed E-state index contributed by atoms with van der Waals surface area (Å²) in [6.07, 6.45) is 2.46. The number of aryl methyl sites for hydroxylation is 1. The fourth-order valence-electron chi connectivity index (χ4n) is 3.37. The summed E-state index contributed by atoms with van der Waals surface area (Å²) in [5.74, 6) is -0.239. The minimum atomic E-state index is -0.672. The van der Waals surface area contributed by atoms with E-state index in [4.69, 9.17) is 4.74 Å². The molecule has 1 amide bonds. The molecule has 0 spiro atoms. The van der Waals surface area contributed by atoms with Crippen LogP contribution in [0.5, 0.6) is 0 Å². The lowest BCUT2D eigenvalue weighted by Crippen LogP contribution is -2.36. The molecule has 1 unspecified atom stereocenters. The van der Waals surface area contributed by atoms with Crippen LogP contribution in [-0.4, -0.2) is 23.2 Å². The first-order valence-corrected chi connectivity index (χ1v) is 8.50. The molecule has 134 valence electrons. The van der Waals surface area contributed by atoms with Crippen molar-refractivity contribution in [3.63, 3.8) is 0 Å². The molecule has 1 aromatic heterocycles. The van der Waals surface area contributed by atoms with Crippen LogP contribution in [0.15, 0.2) is 49.1 Å². The number of carbonyl (C=O) groups excluding carboxylic acids is 2. The Morgan fingerprint density at radius 1 is 1.19 bits per heavy atom. The highest BCUT2D eigenvalue weighted by atomic mass is 16.5. The highest BCUT2D eigenvalue weighted by molar-refractivity contribution is 6.08. The average molecular weight is 350 g/mol. The number of ether oxygens (including phenoxy) is 1. The molecule has 1 atom stereocenters. The van der Waals surface area contributed by atoms with Crippen molar-refractivity contribution in [2.24, 2.45) is 7.05 Å². The number of carbonyl (C=O) groups is 2. The number of aromatic nitrogens is 1. The number of nitrogens with one attached hydrogen (secondary N) is 1. The van der Waals surface area contributed by atoms with Crippen LogP contribution in [0.4, 0.5) is 0 Å². The molecule has 5 nitrogen and oxygen atoms in total. The van der Waals surface area contributed by atoms with Gasteiger partial charge in [0.15, 0.2) is 6.23 Å². The van der Waals surface area contributed by atoms with Crippen LogP contribution < -0.4 is 5.32 Å². The van der Waals surface area contributed by atoms with Gasteiger partial charge >= 0.3 is 0 Å². The molecule has 0 fully saturated rings. The first-order valence-electron chi connectivity index (χ1n) is 8.50. The summed E-state index contributed by atoms with van der Waals surface area (Å²) in [4.78, 5) is 22.0. The first kappa shape index (κ1) is 17.7. The lowest BCUT2D eigenvalue weighted by molar-refractivity contribution is -0.137. The normalized spacial score (nSPS) is 12.1. The van der Waals surface area contributed by atoms with Gasteiger partial charge in [-0.25, -0.2) is 0 Å². The molecular weight excluding hydrogens is 328 g/mol. The van der Waals surface area contributed by atoms with Crippen molar-refractivity contribution >= 4 is 34.2 Å². The summed E-state index contributed by atoms with van der Waals surface area (Å²) in [6, 6.07) is 12.6. The molecule has 0 saturated carbocycles. The fraction of sp³-hybridized carbons (Fsp3) is 0.238. The van der Waals surface area contributed by atoms with Gasteiger partial charge in [-0.15, -0.1) is 6.58 Å². The molecule has 1 N–H and O–H groups in total. The monoisotopic (exact) mass is 350 g/mol. The fourth-order valence-corrected chi connectivity index (χ4v) is 3.37. The molecule has 1 heterocycles. The number of rotatable bonds is 7. The van der Waals surface area contributed by atoms with Gasteiger partial charge < -0.3 is 14.6 Å². The number of amides is 1. The van der Waals surface area contributed by atoms with Crippen LogP contribution >= 0.6 is 0 Å². The predicted octanol–water partition coefficient (Wildman–Crippen LogP) is 3.24. The quantitative estimate of drug-likeness (QED) is 0.404. The maximum atomic E-state index is 11.3. The highest BCUT2D eigenvalue weighted by Gasteiger charge is 2.14. The van der Waals surface area contributed by atoms with E-state index >= 15 is 0 Å². The number of nitrogens with zero attached hydrogens (tertiary/aromatic N) is 1. The molecular formula is C21H22N2O3. The van der Waals surface area contributed by atoms with Gasteiger partial charge in [-0.3, -0.25) is 9.59 Å². The smallest absolute Gasteiger partial charge is 0.295 e. The zero-order chi connectivity index (χ0) is 18.7. The number of hydrogen-bond donors (Lipinski definition) is 1. The number of allylic oxidation sites excluding steroid dienone is 1. The standard InChI is InChI=1S/C21H22N2O3/c1-4-5-15-6-8-19-17(10-15)18-11-16(7-9-20(18)23(19)3)12-21(26-13-24)22-14(2)25/h4,6-11,13,21H,1,5,12H2,2-3H3,(H,22,25). The lowest BCUT2D eigenvalue weighted by Gasteiger charge is -2.16. The minimum Gasteiger partial charge on any atom is -0.444 e. The Hall–Kier alpha value is -3.08.